The number of nitrogens with zero attached hydrogens (tertiary/aromatic N) is 3. The zero-order chi connectivity index (χ0) is 19.1. The van der Waals surface area contributed by atoms with Gasteiger partial charge in [0, 0.05) is 19.5 Å². The molecule has 0 aliphatic rings. The van der Waals surface area contributed by atoms with E-state index in [9.17, 15) is 4.79 Å². The van der Waals surface area contributed by atoms with Gasteiger partial charge >= 0.3 is 0 Å². The zero-order valence-corrected chi connectivity index (χ0v) is 16.5. The minimum atomic E-state index is -0.00385. The van der Waals surface area contributed by atoms with Gasteiger partial charge in [0.05, 0.1) is 5.75 Å². The fraction of sp³-hybridized carbons (Fsp3) is 0.286. The summed E-state index contributed by atoms with van der Waals surface area (Å²) in [5.74, 6) is 1.25. The zero-order valence-electron chi connectivity index (χ0n) is 15.7. The molecule has 5 nitrogen and oxygen atoms in total. The molecule has 0 fully saturated rings. The van der Waals surface area contributed by atoms with Gasteiger partial charge in [-0.05, 0) is 25.0 Å². The van der Waals surface area contributed by atoms with Crippen LogP contribution < -0.4 is 5.32 Å². The van der Waals surface area contributed by atoms with Gasteiger partial charge < -0.3 is 9.88 Å². The Morgan fingerprint density at radius 1 is 1.04 bits per heavy atom. The molecule has 0 unspecified atom stereocenters. The second kappa shape index (κ2) is 9.37. The lowest BCUT2D eigenvalue weighted by atomic mass is 10.1. The van der Waals surface area contributed by atoms with Crippen LogP contribution in [0.15, 0.2) is 59.8 Å². The fourth-order valence-corrected chi connectivity index (χ4v) is 3.59. The molecule has 0 radical (unpaired) electrons. The summed E-state index contributed by atoms with van der Waals surface area (Å²) in [5, 5.41) is 12.3. The summed E-state index contributed by atoms with van der Waals surface area (Å²) in [6.07, 6.45) is 0.738. The van der Waals surface area contributed by atoms with Crippen LogP contribution in [-0.4, -0.2) is 26.4 Å². The van der Waals surface area contributed by atoms with Crippen LogP contribution in [0.25, 0.3) is 0 Å². The Morgan fingerprint density at radius 2 is 1.78 bits per heavy atom. The van der Waals surface area contributed by atoms with Gasteiger partial charge in [-0.2, -0.15) is 0 Å². The van der Waals surface area contributed by atoms with Gasteiger partial charge in [-0.1, -0.05) is 71.9 Å². The van der Waals surface area contributed by atoms with E-state index in [1.165, 1.54) is 22.9 Å². The number of carbonyl (C=O) groups excluding carboxylic acids is 1. The minimum Gasteiger partial charge on any atom is -0.351 e. The molecule has 0 bridgehead atoms. The number of aryl methyl sites for hydroxylation is 1. The first kappa shape index (κ1) is 19.2. The first-order chi connectivity index (χ1) is 13.2. The van der Waals surface area contributed by atoms with Crippen molar-refractivity contribution in [3.8, 4) is 0 Å². The molecule has 1 aromatic heterocycles. The smallest absolute Gasteiger partial charge is 0.230 e. The highest BCUT2D eigenvalue weighted by molar-refractivity contribution is 7.99. The summed E-state index contributed by atoms with van der Waals surface area (Å²) in [7, 11) is 0. The van der Waals surface area contributed by atoms with Crippen molar-refractivity contribution < 1.29 is 4.79 Å². The summed E-state index contributed by atoms with van der Waals surface area (Å²) in [4.78, 5) is 12.2. The van der Waals surface area contributed by atoms with E-state index in [4.69, 9.17) is 0 Å². The Hall–Kier alpha value is -2.60. The van der Waals surface area contributed by atoms with Crippen LogP contribution in [0, 0.1) is 6.92 Å². The standard InChI is InChI=1S/C21H24N4OS/c1-3-25-19(13-17-7-5-4-6-8-17)23-24-21(25)27-15-20(26)22-14-18-11-9-16(2)10-12-18/h4-12H,3,13-15H2,1-2H3,(H,22,26). The van der Waals surface area contributed by atoms with E-state index in [-0.39, 0.29) is 5.91 Å². The molecule has 0 aliphatic heterocycles. The Bertz CT molecular complexity index is 875. The van der Waals surface area contributed by atoms with Crippen LogP contribution in [0.3, 0.4) is 0 Å². The number of hydrogen-bond acceptors (Lipinski definition) is 4. The van der Waals surface area contributed by atoms with Crippen LogP contribution in [0.5, 0.6) is 0 Å². The lowest BCUT2D eigenvalue weighted by Crippen LogP contribution is -2.24. The molecule has 1 amide bonds. The lowest BCUT2D eigenvalue weighted by molar-refractivity contribution is -0.118. The molecule has 6 heteroatoms. The molecule has 0 atom stereocenters. The molecule has 1 N–H and O–H groups in total. The molecule has 0 aliphatic carbocycles. The molecule has 0 saturated heterocycles. The van der Waals surface area contributed by atoms with Crippen LogP contribution in [0.1, 0.15) is 29.4 Å². The Labute approximate surface area is 164 Å². The molecule has 2 aromatic carbocycles. The number of carbonyl (C=O) groups is 1. The van der Waals surface area contributed by atoms with Gasteiger partial charge in [-0.15, -0.1) is 10.2 Å². The van der Waals surface area contributed by atoms with Gasteiger partial charge in [0.1, 0.15) is 5.82 Å². The third-order valence-corrected chi connectivity index (χ3v) is 5.22. The van der Waals surface area contributed by atoms with E-state index in [1.54, 1.807) is 0 Å². The van der Waals surface area contributed by atoms with Gasteiger partial charge in [-0.3, -0.25) is 4.79 Å². The summed E-state index contributed by atoms with van der Waals surface area (Å²) < 4.78 is 2.07. The Kier molecular flexibility index (Phi) is 6.65. The number of rotatable bonds is 8. The number of benzene rings is 2. The highest BCUT2D eigenvalue weighted by Gasteiger charge is 2.13. The van der Waals surface area contributed by atoms with Gasteiger partial charge in [0.25, 0.3) is 0 Å². The van der Waals surface area contributed by atoms with E-state index < -0.39 is 0 Å². The lowest BCUT2D eigenvalue weighted by Gasteiger charge is -2.08. The average molecular weight is 381 g/mol. The maximum Gasteiger partial charge on any atom is 0.230 e. The highest BCUT2D eigenvalue weighted by Crippen LogP contribution is 2.18. The summed E-state index contributed by atoms with van der Waals surface area (Å²) in [6.45, 7) is 5.44. The highest BCUT2D eigenvalue weighted by atomic mass is 32.2. The Balaban J connectivity index is 1.54. The molecule has 0 spiro atoms. The second-order valence-corrected chi connectivity index (χ2v) is 7.30. The normalized spacial score (nSPS) is 10.7. The van der Waals surface area contributed by atoms with Gasteiger partial charge in [-0.25, -0.2) is 0 Å². The summed E-state index contributed by atoms with van der Waals surface area (Å²) in [5.41, 5.74) is 3.51. The molecule has 0 saturated carbocycles. The van der Waals surface area contributed by atoms with Crippen LogP contribution in [0.2, 0.25) is 0 Å². The molecular formula is C21H24N4OS. The van der Waals surface area contributed by atoms with E-state index in [0.717, 1.165) is 29.5 Å². The van der Waals surface area contributed by atoms with Crippen molar-refractivity contribution >= 4 is 17.7 Å². The molecule has 140 valence electrons. The molecule has 3 rings (SSSR count). The van der Waals surface area contributed by atoms with Crippen molar-refractivity contribution in [3.05, 3.63) is 77.1 Å². The maximum absolute atomic E-state index is 12.2. The van der Waals surface area contributed by atoms with Crippen LogP contribution in [0.4, 0.5) is 0 Å². The quantitative estimate of drug-likeness (QED) is 0.607. The van der Waals surface area contributed by atoms with E-state index in [1.807, 2.05) is 42.5 Å². The van der Waals surface area contributed by atoms with Crippen molar-refractivity contribution in [1.82, 2.24) is 20.1 Å². The van der Waals surface area contributed by atoms with Crippen molar-refractivity contribution in [2.45, 2.75) is 38.5 Å². The summed E-state index contributed by atoms with van der Waals surface area (Å²) >= 11 is 1.43. The number of amides is 1. The van der Waals surface area contributed by atoms with E-state index in [2.05, 4.69) is 46.1 Å². The van der Waals surface area contributed by atoms with Crippen molar-refractivity contribution in [2.75, 3.05) is 5.75 Å². The van der Waals surface area contributed by atoms with Crippen molar-refractivity contribution in [2.24, 2.45) is 0 Å². The number of nitrogens with one attached hydrogen (secondary N) is 1. The van der Waals surface area contributed by atoms with Crippen molar-refractivity contribution in [3.63, 3.8) is 0 Å². The monoisotopic (exact) mass is 380 g/mol. The third-order valence-electron chi connectivity index (χ3n) is 4.26. The number of thioether (sulfide) groups is 1. The fourth-order valence-electron chi connectivity index (χ4n) is 2.74. The predicted octanol–water partition coefficient (Wildman–Crippen LogP) is 3.61. The SMILES string of the molecule is CCn1c(Cc2ccccc2)nnc1SCC(=O)NCc1ccc(C)cc1. The van der Waals surface area contributed by atoms with Gasteiger partial charge in [0.2, 0.25) is 5.91 Å². The largest absolute Gasteiger partial charge is 0.351 e. The maximum atomic E-state index is 12.2. The molecular weight excluding hydrogens is 356 g/mol. The van der Waals surface area contributed by atoms with Crippen molar-refractivity contribution in [1.29, 1.82) is 0 Å². The van der Waals surface area contributed by atoms with Gasteiger partial charge in [0.15, 0.2) is 5.16 Å². The van der Waals surface area contributed by atoms with Crippen LogP contribution in [-0.2, 0) is 24.3 Å². The summed E-state index contributed by atoms with van der Waals surface area (Å²) in [6, 6.07) is 18.4. The van der Waals surface area contributed by atoms with Crippen LogP contribution >= 0.6 is 11.8 Å². The number of hydrogen-bond donors (Lipinski definition) is 1. The van der Waals surface area contributed by atoms with E-state index >= 15 is 0 Å². The third kappa shape index (κ3) is 5.44. The Morgan fingerprint density at radius 3 is 2.48 bits per heavy atom. The molecule has 1 heterocycles. The van der Waals surface area contributed by atoms with E-state index in [0.29, 0.717) is 12.3 Å². The number of aromatic nitrogens is 3. The average Bonchev–Trinajstić information content (AvgIpc) is 3.08. The molecule has 3 aromatic rings. The minimum absolute atomic E-state index is 0.00385. The topological polar surface area (TPSA) is 59.8 Å². The molecule has 27 heavy (non-hydrogen) atoms. The first-order valence-electron chi connectivity index (χ1n) is 9.06. The predicted molar refractivity (Wildman–Crippen MR) is 109 cm³/mol. The second-order valence-electron chi connectivity index (χ2n) is 6.36. The first-order valence-corrected chi connectivity index (χ1v) is 10.1.